The van der Waals surface area contributed by atoms with E-state index < -0.39 is 0 Å². The van der Waals surface area contributed by atoms with Gasteiger partial charge in [0, 0.05) is 11.3 Å². The van der Waals surface area contributed by atoms with E-state index in [1.165, 1.54) is 25.0 Å². The minimum Gasteiger partial charge on any atom is -0.316 e. The lowest BCUT2D eigenvalue weighted by Gasteiger charge is -2.33. The summed E-state index contributed by atoms with van der Waals surface area (Å²) in [4.78, 5) is 0. The summed E-state index contributed by atoms with van der Waals surface area (Å²) >= 11 is 2.14. The quantitative estimate of drug-likeness (QED) is 0.666. The average molecular weight is 157 g/mol. The third-order valence-electron chi connectivity index (χ3n) is 2.60. The Morgan fingerprint density at radius 2 is 2.10 bits per heavy atom. The Bertz CT molecular complexity index is 118. The Morgan fingerprint density at radius 1 is 1.40 bits per heavy atom. The molecule has 0 aromatic carbocycles. The molecule has 1 heterocycles. The van der Waals surface area contributed by atoms with E-state index in [0.29, 0.717) is 0 Å². The number of hydrogen-bond donors (Lipinski definition) is 1. The molecule has 1 N–H and O–H groups in total. The van der Waals surface area contributed by atoms with E-state index in [0.717, 1.165) is 17.2 Å². The standard InChI is InChI=1S/C8H15NS/c1-9-8(6-2-3-6)7-4-5-10-7/h6-9H,2-5H2,1H3. The largest absolute Gasteiger partial charge is 0.316 e. The van der Waals surface area contributed by atoms with Crippen LogP contribution in [-0.2, 0) is 0 Å². The van der Waals surface area contributed by atoms with Crippen LogP contribution in [0.4, 0.5) is 0 Å². The number of hydrogen-bond acceptors (Lipinski definition) is 2. The maximum Gasteiger partial charge on any atom is 0.0212 e. The molecule has 0 amide bonds. The monoisotopic (exact) mass is 157 g/mol. The van der Waals surface area contributed by atoms with Crippen molar-refractivity contribution in [2.24, 2.45) is 5.92 Å². The van der Waals surface area contributed by atoms with Gasteiger partial charge in [-0.2, -0.15) is 11.8 Å². The summed E-state index contributed by atoms with van der Waals surface area (Å²) in [5.74, 6) is 2.43. The van der Waals surface area contributed by atoms with Crippen molar-refractivity contribution in [2.75, 3.05) is 12.8 Å². The van der Waals surface area contributed by atoms with Gasteiger partial charge in [0.15, 0.2) is 0 Å². The molecule has 2 unspecified atom stereocenters. The zero-order valence-corrected chi connectivity index (χ0v) is 7.29. The summed E-state index contributed by atoms with van der Waals surface area (Å²) in [7, 11) is 2.11. The van der Waals surface area contributed by atoms with Gasteiger partial charge in [0.2, 0.25) is 0 Å². The van der Waals surface area contributed by atoms with Crippen LogP contribution in [0, 0.1) is 5.92 Å². The first-order valence-electron chi connectivity index (χ1n) is 4.20. The molecule has 0 bridgehead atoms. The molecule has 1 saturated heterocycles. The average Bonchev–Trinajstić information content (AvgIpc) is 2.58. The third-order valence-corrected chi connectivity index (χ3v) is 4.03. The van der Waals surface area contributed by atoms with Crippen LogP contribution in [0.5, 0.6) is 0 Å². The highest BCUT2D eigenvalue weighted by Crippen LogP contribution is 2.41. The molecule has 1 aliphatic heterocycles. The Balaban J connectivity index is 1.84. The summed E-state index contributed by atoms with van der Waals surface area (Å²) in [5, 5.41) is 4.40. The van der Waals surface area contributed by atoms with Gasteiger partial charge in [-0.25, -0.2) is 0 Å². The zero-order chi connectivity index (χ0) is 6.97. The van der Waals surface area contributed by atoms with Gasteiger partial charge in [-0.3, -0.25) is 0 Å². The van der Waals surface area contributed by atoms with E-state index in [2.05, 4.69) is 24.1 Å². The van der Waals surface area contributed by atoms with Crippen molar-refractivity contribution >= 4 is 11.8 Å². The highest BCUT2D eigenvalue weighted by molar-refractivity contribution is 8.01. The Labute approximate surface area is 67.0 Å². The van der Waals surface area contributed by atoms with Crippen molar-refractivity contribution in [3.8, 4) is 0 Å². The number of thioether (sulfide) groups is 1. The number of rotatable bonds is 3. The fraction of sp³-hybridized carbons (Fsp3) is 1.00. The number of nitrogens with one attached hydrogen (secondary N) is 1. The Morgan fingerprint density at radius 3 is 2.40 bits per heavy atom. The van der Waals surface area contributed by atoms with Gasteiger partial charge >= 0.3 is 0 Å². The molecule has 0 spiro atoms. The molecule has 2 fully saturated rings. The lowest BCUT2D eigenvalue weighted by atomic mass is 10.1. The lowest BCUT2D eigenvalue weighted by molar-refractivity contribution is 0.466. The second-order valence-corrected chi connectivity index (χ2v) is 4.70. The molecule has 0 aromatic heterocycles. The van der Waals surface area contributed by atoms with Crippen molar-refractivity contribution < 1.29 is 0 Å². The van der Waals surface area contributed by atoms with E-state index in [4.69, 9.17) is 0 Å². The van der Waals surface area contributed by atoms with Crippen molar-refractivity contribution in [2.45, 2.75) is 30.6 Å². The minimum absolute atomic E-state index is 0.846. The van der Waals surface area contributed by atoms with Crippen LogP contribution in [0.3, 0.4) is 0 Å². The topological polar surface area (TPSA) is 12.0 Å². The molecule has 10 heavy (non-hydrogen) atoms. The third kappa shape index (κ3) is 1.19. The van der Waals surface area contributed by atoms with E-state index in [1.807, 2.05) is 0 Å². The van der Waals surface area contributed by atoms with Crippen molar-refractivity contribution in [1.82, 2.24) is 5.32 Å². The van der Waals surface area contributed by atoms with Gasteiger partial charge in [0.25, 0.3) is 0 Å². The molecule has 2 rings (SSSR count). The maximum absolute atomic E-state index is 3.45. The first kappa shape index (κ1) is 6.99. The molecule has 1 nitrogen and oxygen atoms in total. The van der Waals surface area contributed by atoms with E-state index >= 15 is 0 Å². The summed E-state index contributed by atoms with van der Waals surface area (Å²) in [6.45, 7) is 0. The highest BCUT2D eigenvalue weighted by atomic mass is 32.2. The predicted octanol–water partition coefficient (Wildman–Crippen LogP) is 1.49. The first-order chi connectivity index (χ1) is 4.92. The highest BCUT2D eigenvalue weighted by Gasteiger charge is 2.38. The van der Waals surface area contributed by atoms with Gasteiger partial charge in [0.05, 0.1) is 0 Å². The van der Waals surface area contributed by atoms with Crippen LogP contribution >= 0.6 is 11.8 Å². The molecule has 1 aliphatic carbocycles. The maximum atomic E-state index is 3.45. The summed E-state index contributed by atoms with van der Waals surface area (Å²) < 4.78 is 0. The van der Waals surface area contributed by atoms with Crippen LogP contribution < -0.4 is 5.32 Å². The Kier molecular flexibility index (Phi) is 1.92. The van der Waals surface area contributed by atoms with Gasteiger partial charge in [-0.1, -0.05) is 0 Å². The molecule has 0 aromatic rings. The first-order valence-corrected chi connectivity index (χ1v) is 5.25. The second kappa shape index (κ2) is 2.74. The molecule has 2 heteroatoms. The van der Waals surface area contributed by atoms with Crippen molar-refractivity contribution in [3.05, 3.63) is 0 Å². The van der Waals surface area contributed by atoms with Gasteiger partial charge in [-0.15, -0.1) is 0 Å². The van der Waals surface area contributed by atoms with Crippen molar-refractivity contribution in [1.29, 1.82) is 0 Å². The molecular weight excluding hydrogens is 142 g/mol. The van der Waals surface area contributed by atoms with E-state index in [1.54, 1.807) is 0 Å². The van der Waals surface area contributed by atoms with Gasteiger partial charge in [0.1, 0.15) is 0 Å². The zero-order valence-electron chi connectivity index (χ0n) is 6.47. The summed E-state index contributed by atoms with van der Waals surface area (Å²) in [5.41, 5.74) is 0. The lowest BCUT2D eigenvalue weighted by Crippen LogP contribution is -2.41. The Hall–Kier alpha value is 0.310. The second-order valence-electron chi connectivity index (χ2n) is 3.35. The van der Waals surface area contributed by atoms with Crippen LogP contribution in [0.15, 0.2) is 0 Å². The normalized spacial score (nSPS) is 35.1. The van der Waals surface area contributed by atoms with Crippen LogP contribution in [0.1, 0.15) is 19.3 Å². The smallest absolute Gasteiger partial charge is 0.0212 e. The van der Waals surface area contributed by atoms with E-state index in [9.17, 15) is 0 Å². The predicted molar refractivity (Wildman–Crippen MR) is 46.4 cm³/mol. The fourth-order valence-corrected chi connectivity index (χ4v) is 2.79. The molecule has 0 radical (unpaired) electrons. The SMILES string of the molecule is CNC(C1CC1)C1CCS1. The van der Waals surface area contributed by atoms with Crippen LogP contribution in [0.2, 0.25) is 0 Å². The van der Waals surface area contributed by atoms with Crippen LogP contribution in [-0.4, -0.2) is 24.1 Å². The molecule has 2 aliphatic rings. The van der Waals surface area contributed by atoms with E-state index in [-0.39, 0.29) is 0 Å². The van der Waals surface area contributed by atoms with Crippen molar-refractivity contribution in [3.63, 3.8) is 0 Å². The van der Waals surface area contributed by atoms with Crippen LogP contribution in [0.25, 0.3) is 0 Å². The molecule has 58 valence electrons. The summed E-state index contributed by atoms with van der Waals surface area (Å²) in [6.07, 6.45) is 4.40. The minimum atomic E-state index is 0.846. The molecule has 1 saturated carbocycles. The van der Waals surface area contributed by atoms with Gasteiger partial charge < -0.3 is 5.32 Å². The molecule has 2 atom stereocenters. The summed E-state index contributed by atoms with van der Waals surface area (Å²) in [6, 6.07) is 0.846. The fourth-order valence-electron chi connectivity index (χ4n) is 1.72. The van der Waals surface area contributed by atoms with Gasteiger partial charge in [-0.05, 0) is 38.0 Å². The molecular formula is C8H15NS.